The Hall–Kier alpha value is -2.05. The third-order valence-electron chi connectivity index (χ3n) is 3.94. The van der Waals surface area contributed by atoms with E-state index in [2.05, 4.69) is 21.8 Å². The number of hydrogen-bond acceptors (Lipinski definition) is 3. The second kappa shape index (κ2) is 6.22. The van der Waals surface area contributed by atoms with Crippen molar-refractivity contribution in [2.45, 2.75) is 32.0 Å². The van der Waals surface area contributed by atoms with E-state index < -0.39 is 6.36 Å². The maximum Gasteiger partial charge on any atom is 0.573 e. The third kappa shape index (κ3) is 4.03. The zero-order valence-corrected chi connectivity index (χ0v) is 12.4. The lowest BCUT2D eigenvalue weighted by Gasteiger charge is -2.23. The molecule has 2 aromatic rings. The Labute approximate surface area is 132 Å². The minimum absolute atomic E-state index is 0.184. The van der Waals surface area contributed by atoms with Gasteiger partial charge in [-0.15, -0.1) is 13.2 Å². The maximum absolute atomic E-state index is 12.1. The van der Waals surface area contributed by atoms with Crippen LogP contribution in [-0.2, 0) is 19.5 Å². The summed E-state index contributed by atoms with van der Waals surface area (Å²) in [5.41, 5.74) is 9.67. The molecule has 0 spiro atoms. The first kappa shape index (κ1) is 15.8. The number of benzene rings is 2. The van der Waals surface area contributed by atoms with Crippen LogP contribution in [0.1, 0.15) is 16.7 Å². The van der Waals surface area contributed by atoms with Crippen LogP contribution in [0.2, 0.25) is 0 Å². The van der Waals surface area contributed by atoms with Gasteiger partial charge in [0.1, 0.15) is 5.75 Å². The molecule has 0 aliphatic carbocycles. The average molecular weight is 322 g/mol. The topological polar surface area (TPSA) is 38.5 Å². The lowest BCUT2D eigenvalue weighted by molar-refractivity contribution is -0.274. The fourth-order valence-corrected chi connectivity index (χ4v) is 2.79. The van der Waals surface area contributed by atoms with Crippen molar-refractivity contribution in [1.29, 1.82) is 0 Å². The van der Waals surface area contributed by atoms with Gasteiger partial charge < -0.3 is 10.5 Å². The number of alkyl halides is 3. The molecule has 0 fully saturated rings. The van der Waals surface area contributed by atoms with Crippen molar-refractivity contribution in [3.63, 3.8) is 0 Å². The molecule has 1 unspecified atom stereocenters. The van der Waals surface area contributed by atoms with Crippen molar-refractivity contribution in [2.24, 2.45) is 5.73 Å². The normalized spacial score (nSPS) is 16.2. The van der Waals surface area contributed by atoms with Gasteiger partial charge in [0, 0.05) is 19.5 Å². The van der Waals surface area contributed by atoms with Gasteiger partial charge in [-0.1, -0.05) is 36.4 Å². The number of ether oxygens (including phenoxy) is 1. The Morgan fingerprint density at radius 3 is 2.09 bits per heavy atom. The van der Waals surface area contributed by atoms with Gasteiger partial charge in [-0.05, 0) is 28.8 Å². The van der Waals surface area contributed by atoms with Crippen molar-refractivity contribution in [2.75, 3.05) is 0 Å². The SMILES string of the molecule is NC(Cc1ccc(OC(F)(F)F)cc1)N1Cc2ccccc2C1. The van der Waals surface area contributed by atoms with Crippen LogP contribution in [0.15, 0.2) is 48.5 Å². The van der Waals surface area contributed by atoms with E-state index in [1.54, 1.807) is 12.1 Å². The molecule has 23 heavy (non-hydrogen) atoms. The van der Waals surface area contributed by atoms with Gasteiger partial charge in [-0.25, -0.2) is 0 Å². The zero-order chi connectivity index (χ0) is 16.4. The molecule has 0 saturated heterocycles. The number of fused-ring (bicyclic) bond motifs is 1. The lowest BCUT2D eigenvalue weighted by Crippen LogP contribution is -2.40. The first-order chi connectivity index (χ1) is 10.9. The summed E-state index contributed by atoms with van der Waals surface area (Å²) in [6, 6.07) is 14.0. The van der Waals surface area contributed by atoms with Crippen LogP contribution in [-0.4, -0.2) is 17.4 Å². The Morgan fingerprint density at radius 1 is 1.00 bits per heavy atom. The fourth-order valence-electron chi connectivity index (χ4n) is 2.79. The quantitative estimate of drug-likeness (QED) is 0.937. The third-order valence-corrected chi connectivity index (χ3v) is 3.94. The number of hydrogen-bond donors (Lipinski definition) is 1. The molecule has 1 aliphatic heterocycles. The Bertz CT molecular complexity index is 645. The summed E-state index contributed by atoms with van der Waals surface area (Å²) in [7, 11) is 0. The molecule has 0 bridgehead atoms. The van der Waals surface area contributed by atoms with Gasteiger partial charge in [-0.3, -0.25) is 4.90 Å². The highest BCUT2D eigenvalue weighted by Gasteiger charge is 2.31. The molecule has 6 heteroatoms. The van der Waals surface area contributed by atoms with Gasteiger partial charge in [0.05, 0.1) is 6.17 Å². The summed E-state index contributed by atoms with van der Waals surface area (Å²) in [5.74, 6) is -0.219. The van der Waals surface area contributed by atoms with E-state index in [9.17, 15) is 13.2 Å². The van der Waals surface area contributed by atoms with E-state index in [4.69, 9.17) is 5.73 Å². The van der Waals surface area contributed by atoms with E-state index in [0.29, 0.717) is 6.42 Å². The zero-order valence-electron chi connectivity index (χ0n) is 12.4. The second-order valence-corrected chi connectivity index (χ2v) is 5.64. The molecular formula is C17H17F3N2O. The molecule has 0 aromatic heterocycles. The van der Waals surface area contributed by atoms with Crippen molar-refractivity contribution < 1.29 is 17.9 Å². The van der Waals surface area contributed by atoms with E-state index in [0.717, 1.165) is 18.7 Å². The average Bonchev–Trinajstić information content (AvgIpc) is 2.92. The lowest BCUT2D eigenvalue weighted by atomic mass is 10.1. The monoisotopic (exact) mass is 322 g/mol. The molecule has 0 radical (unpaired) electrons. The van der Waals surface area contributed by atoms with Gasteiger partial charge in [0.25, 0.3) is 0 Å². The molecule has 1 atom stereocenters. The summed E-state index contributed by atoms with van der Waals surface area (Å²) in [4.78, 5) is 2.16. The summed E-state index contributed by atoms with van der Waals surface area (Å²) >= 11 is 0. The first-order valence-electron chi connectivity index (χ1n) is 7.32. The number of rotatable bonds is 4. The predicted octanol–water partition coefficient (Wildman–Crippen LogP) is 3.43. The predicted molar refractivity (Wildman–Crippen MR) is 80.5 cm³/mol. The molecule has 3 rings (SSSR count). The van der Waals surface area contributed by atoms with Gasteiger partial charge >= 0.3 is 6.36 Å². The highest BCUT2D eigenvalue weighted by atomic mass is 19.4. The fraction of sp³-hybridized carbons (Fsp3) is 0.294. The molecule has 3 nitrogen and oxygen atoms in total. The Balaban J connectivity index is 1.59. The minimum atomic E-state index is -4.67. The molecule has 1 heterocycles. The molecule has 1 aliphatic rings. The van der Waals surface area contributed by atoms with Crippen LogP contribution in [0.5, 0.6) is 5.75 Å². The van der Waals surface area contributed by atoms with Crippen LogP contribution >= 0.6 is 0 Å². The second-order valence-electron chi connectivity index (χ2n) is 5.64. The minimum Gasteiger partial charge on any atom is -0.406 e. The summed E-state index contributed by atoms with van der Waals surface area (Å²) in [5, 5.41) is 0. The first-order valence-corrected chi connectivity index (χ1v) is 7.32. The Kier molecular flexibility index (Phi) is 4.28. The molecule has 2 aromatic carbocycles. The van der Waals surface area contributed by atoms with Crippen molar-refractivity contribution in [3.05, 3.63) is 65.2 Å². The van der Waals surface area contributed by atoms with Gasteiger partial charge in [0.15, 0.2) is 0 Å². The van der Waals surface area contributed by atoms with E-state index in [1.165, 1.54) is 23.3 Å². The smallest absolute Gasteiger partial charge is 0.406 e. The molecular weight excluding hydrogens is 305 g/mol. The molecule has 2 N–H and O–H groups in total. The van der Waals surface area contributed by atoms with Crippen LogP contribution in [0, 0.1) is 0 Å². The molecule has 0 amide bonds. The van der Waals surface area contributed by atoms with Crippen LogP contribution in [0.3, 0.4) is 0 Å². The van der Waals surface area contributed by atoms with Crippen molar-refractivity contribution in [3.8, 4) is 5.75 Å². The van der Waals surface area contributed by atoms with Crippen LogP contribution < -0.4 is 10.5 Å². The van der Waals surface area contributed by atoms with E-state index in [1.807, 2.05) is 12.1 Å². The maximum atomic E-state index is 12.1. The molecule has 122 valence electrons. The largest absolute Gasteiger partial charge is 0.573 e. The number of nitrogens with two attached hydrogens (primary N) is 1. The summed E-state index contributed by atoms with van der Waals surface area (Å²) in [6.07, 6.45) is -4.28. The van der Waals surface area contributed by atoms with Gasteiger partial charge in [-0.2, -0.15) is 0 Å². The number of halogens is 3. The molecule has 0 saturated carbocycles. The van der Waals surface area contributed by atoms with E-state index >= 15 is 0 Å². The van der Waals surface area contributed by atoms with Crippen LogP contribution in [0.4, 0.5) is 13.2 Å². The highest BCUT2D eigenvalue weighted by Crippen LogP contribution is 2.25. The number of nitrogens with zero attached hydrogens (tertiary/aromatic N) is 1. The standard InChI is InChI=1S/C17H17F3N2O/c18-17(19,20)23-15-7-5-12(6-8-15)9-16(21)22-10-13-3-1-2-4-14(13)11-22/h1-8,16H,9-11,21H2. The summed E-state index contributed by atoms with van der Waals surface area (Å²) in [6.45, 7) is 1.60. The highest BCUT2D eigenvalue weighted by molar-refractivity contribution is 5.31. The van der Waals surface area contributed by atoms with Gasteiger partial charge in [0.2, 0.25) is 0 Å². The summed E-state index contributed by atoms with van der Waals surface area (Å²) < 4.78 is 40.3. The van der Waals surface area contributed by atoms with Crippen molar-refractivity contribution >= 4 is 0 Å². The van der Waals surface area contributed by atoms with E-state index in [-0.39, 0.29) is 11.9 Å². The van der Waals surface area contributed by atoms with Crippen molar-refractivity contribution in [1.82, 2.24) is 4.90 Å². The van der Waals surface area contributed by atoms with Crippen LogP contribution in [0.25, 0.3) is 0 Å². The Morgan fingerprint density at radius 2 is 1.57 bits per heavy atom.